The summed E-state index contributed by atoms with van der Waals surface area (Å²) in [7, 11) is 1.67. The molecule has 0 amide bonds. The highest BCUT2D eigenvalue weighted by Gasteiger charge is 2.16. The number of nitrogens with zero attached hydrogens (tertiary/aromatic N) is 2. The number of anilines is 1. The van der Waals surface area contributed by atoms with Crippen molar-refractivity contribution >= 4 is 17.4 Å². The first-order chi connectivity index (χ1) is 9.04. The summed E-state index contributed by atoms with van der Waals surface area (Å²) in [5, 5.41) is 4.91. The Balaban J connectivity index is 2.25. The predicted octanol–water partition coefficient (Wildman–Crippen LogP) is 3.24. The number of ether oxygens (including phenoxy) is 1. The third-order valence-corrected chi connectivity index (χ3v) is 3.64. The molecule has 1 aromatic carbocycles. The summed E-state index contributed by atoms with van der Waals surface area (Å²) in [4.78, 5) is 0. The van der Waals surface area contributed by atoms with Gasteiger partial charge in [0.1, 0.15) is 16.6 Å². The number of methoxy groups -OCH3 is 1. The number of hydrogen-bond acceptors (Lipinski definition) is 3. The van der Waals surface area contributed by atoms with Gasteiger partial charge in [-0.05, 0) is 31.9 Å². The molecule has 0 bridgehead atoms. The van der Waals surface area contributed by atoms with E-state index in [1.165, 1.54) is 0 Å². The van der Waals surface area contributed by atoms with Gasteiger partial charge >= 0.3 is 0 Å². The number of nitrogen functional groups attached to an aromatic ring is 1. The molecule has 2 rings (SSSR count). The van der Waals surface area contributed by atoms with Gasteiger partial charge in [0.2, 0.25) is 0 Å². The van der Waals surface area contributed by atoms with E-state index in [4.69, 9.17) is 22.1 Å². The normalized spacial score (nSPS) is 12.4. The minimum Gasteiger partial charge on any atom is -0.496 e. The van der Waals surface area contributed by atoms with Crippen LogP contribution in [0.2, 0.25) is 5.02 Å². The third kappa shape index (κ3) is 2.68. The lowest BCUT2D eigenvalue weighted by atomic mass is 10.1. The summed E-state index contributed by atoms with van der Waals surface area (Å²) < 4.78 is 7.12. The lowest BCUT2D eigenvalue weighted by Crippen LogP contribution is -2.13. The number of halogens is 1. The highest BCUT2D eigenvalue weighted by Crippen LogP contribution is 2.28. The molecule has 0 aliphatic heterocycles. The van der Waals surface area contributed by atoms with Crippen molar-refractivity contribution in [3.63, 3.8) is 0 Å². The van der Waals surface area contributed by atoms with Crippen LogP contribution >= 0.6 is 11.6 Å². The average molecular weight is 280 g/mol. The van der Waals surface area contributed by atoms with E-state index in [1.54, 1.807) is 11.8 Å². The topological polar surface area (TPSA) is 53.1 Å². The van der Waals surface area contributed by atoms with Crippen LogP contribution in [0.1, 0.15) is 24.2 Å². The van der Waals surface area contributed by atoms with Gasteiger partial charge in [0, 0.05) is 0 Å². The Morgan fingerprint density at radius 2 is 2.11 bits per heavy atom. The molecular weight excluding hydrogens is 262 g/mol. The number of aryl methyl sites for hydroxylation is 1. The zero-order valence-electron chi connectivity index (χ0n) is 11.4. The first kappa shape index (κ1) is 13.7. The van der Waals surface area contributed by atoms with E-state index in [2.05, 4.69) is 12.0 Å². The molecule has 2 aromatic rings. The summed E-state index contributed by atoms with van der Waals surface area (Å²) in [6, 6.07) is 8.06. The van der Waals surface area contributed by atoms with Gasteiger partial charge in [0.05, 0.1) is 18.8 Å². The largest absolute Gasteiger partial charge is 0.496 e. The Labute approximate surface area is 118 Å². The molecule has 0 aliphatic carbocycles. The van der Waals surface area contributed by atoms with Crippen LogP contribution in [0.4, 0.5) is 5.82 Å². The van der Waals surface area contributed by atoms with Gasteiger partial charge in [-0.25, -0.2) is 4.68 Å². The van der Waals surface area contributed by atoms with Crippen LogP contribution in [-0.2, 0) is 6.42 Å². The van der Waals surface area contributed by atoms with Crippen LogP contribution in [0.5, 0.6) is 5.75 Å². The predicted molar refractivity (Wildman–Crippen MR) is 77.8 cm³/mol. The molecule has 1 atom stereocenters. The molecule has 4 nitrogen and oxygen atoms in total. The van der Waals surface area contributed by atoms with Crippen molar-refractivity contribution in [1.29, 1.82) is 0 Å². The number of benzene rings is 1. The molecule has 5 heteroatoms. The summed E-state index contributed by atoms with van der Waals surface area (Å²) in [5.74, 6) is 1.39. The van der Waals surface area contributed by atoms with Gasteiger partial charge in [0.15, 0.2) is 0 Å². The second-order valence-corrected chi connectivity index (χ2v) is 4.97. The standard InChI is InChI=1S/C14H18ClN3O/c1-9(18-14(16)13(15)10(2)17-18)8-11-6-4-5-7-12(11)19-3/h4-7,9H,8,16H2,1-3H3. The molecule has 2 N–H and O–H groups in total. The fourth-order valence-electron chi connectivity index (χ4n) is 2.16. The van der Waals surface area contributed by atoms with Crippen LogP contribution in [0.15, 0.2) is 24.3 Å². The van der Waals surface area contributed by atoms with E-state index >= 15 is 0 Å². The van der Waals surface area contributed by atoms with E-state index in [-0.39, 0.29) is 6.04 Å². The molecule has 0 saturated carbocycles. The van der Waals surface area contributed by atoms with Crippen LogP contribution < -0.4 is 10.5 Å². The van der Waals surface area contributed by atoms with Gasteiger partial charge in [-0.3, -0.25) is 0 Å². The SMILES string of the molecule is COc1ccccc1CC(C)n1nc(C)c(Cl)c1N. The van der Waals surface area contributed by atoms with Crippen LogP contribution in [0.25, 0.3) is 0 Å². The van der Waals surface area contributed by atoms with Gasteiger partial charge in [0.25, 0.3) is 0 Å². The smallest absolute Gasteiger partial charge is 0.141 e. The molecule has 0 saturated heterocycles. The Kier molecular flexibility index (Phi) is 4.00. The van der Waals surface area contributed by atoms with Crippen molar-refractivity contribution in [3.8, 4) is 5.75 Å². The summed E-state index contributed by atoms with van der Waals surface area (Å²) in [6.07, 6.45) is 0.783. The lowest BCUT2D eigenvalue weighted by Gasteiger charge is -2.16. The molecule has 1 aromatic heterocycles. The average Bonchev–Trinajstić information content (AvgIpc) is 2.67. The summed E-state index contributed by atoms with van der Waals surface area (Å²) in [6.45, 7) is 3.91. The van der Waals surface area contributed by atoms with Crippen molar-refractivity contribution in [1.82, 2.24) is 9.78 Å². The van der Waals surface area contributed by atoms with Crippen LogP contribution in [0.3, 0.4) is 0 Å². The number of nitrogens with two attached hydrogens (primary N) is 1. The molecule has 102 valence electrons. The van der Waals surface area contributed by atoms with Crippen molar-refractivity contribution in [3.05, 3.63) is 40.5 Å². The first-order valence-electron chi connectivity index (χ1n) is 6.16. The van der Waals surface area contributed by atoms with Crippen molar-refractivity contribution in [2.24, 2.45) is 0 Å². The van der Waals surface area contributed by atoms with Crippen molar-refractivity contribution in [2.45, 2.75) is 26.3 Å². The quantitative estimate of drug-likeness (QED) is 0.935. The fraction of sp³-hybridized carbons (Fsp3) is 0.357. The highest BCUT2D eigenvalue weighted by molar-refractivity contribution is 6.33. The van der Waals surface area contributed by atoms with E-state index in [0.717, 1.165) is 23.4 Å². The van der Waals surface area contributed by atoms with Gasteiger partial charge in [-0.15, -0.1) is 0 Å². The molecule has 0 spiro atoms. The van der Waals surface area contributed by atoms with Crippen LogP contribution in [0, 0.1) is 6.92 Å². The Hall–Kier alpha value is -1.68. The Bertz CT molecular complexity index is 580. The minimum atomic E-state index is 0.113. The zero-order valence-corrected chi connectivity index (χ0v) is 12.1. The maximum Gasteiger partial charge on any atom is 0.141 e. The zero-order chi connectivity index (χ0) is 14.0. The molecule has 0 aliphatic rings. The Morgan fingerprint density at radius 1 is 1.42 bits per heavy atom. The number of rotatable bonds is 4. The van der Waals surface area contributed by atoms with E-state index in [1.807, 2.05) is 31.2 Å². The molecule has 0 radical (unpaired) electrons. The number of para-hydroxylation sites is 1. The fourth-order valence-corrected chi connectivity index (χ4v) is 2.28. The highest BCUT2D eigenvalue weighted by atomic mass is 35.5. The third-order valence-electron chi connectivity index (χ3n) is 3.17. The maximum atomic E-state index is 6.07. The van der Waals surface area contributed by atoms with Gasteiger partial charge < -0.3 is 10.5 Å². The Morgan fingerprint density at radius 3 is 2.68 bits per heavy atom. The molecular formula is C14H18ClN3O. The minimum absolute atomic E-state index is 0.113. The number of aromatic nitrogens is 2. The first-order valence-corrected chi connectivity index (χ1v) is 6.54. The van der Waals surface area contributed by atoms with E-state index < -0.39 is 0 Å². The maximum absolute atomic E-state index is 6.07. The summed E-state index contributed by atoms with van der Waals surface area (Å²) in [5.41, 5.74) is 7.85. The van der Waals surface area contributed by atoms with Gasteiger partial charge in [-0.2, -0.15) is 5.10 Å². The van der Waals surface area contributed by atoms with Gasteiger partial charge in [-0.1, -0.05) is 29.8 Å². The lowest BCUT2D eigenvalue weighted by molar-refractivity contribution is 0.402. The summed E-state index contributed by atoms with van der Waals surface area (Å²) >= 11 is 6.07. The molecule has 1 unspecified atom stereocenters. The van der Waals surface area contributed by atoms with E-state index in [9.17, 15) is 0 Å². The second kappa shape index (κ2) is 5.53. The van der Waals surface area contributed by atoms with Crippen molar-refractivity contribution in [2.75, 3.05) is 12.8 Å². The molecule has 19 heavy (non-hydrogen) atoms. The second-order valence-electron chi connectivity index (χ2n) is 4.59. The number of hydrogen-bond donors (Lipinski definition) is 1. The van der Waals surface area contributed by atoms with Crippen molar-refractivity contribution < 1.29 is 4.74 Å². The van der Waals surface area contributed by atoms with E-state index in [0.29, 0.717) is 10.8 Å². The monoisotopic (exact) mass is 279 g/mol. The molecule has 1 heterocycles. The molecule has 0 fully saturated rings. The van der Waals surface area contributed by atoms with Crippen LogP contribution in [-0.4, -0.2) is 16.9 Å².